The molecule has 3 heterocycles. The molecular formula is C27H34ClN3O3. The average Bonchev–Trinajstić information content (AvgIpc) is 3.32. The van der Waals surface area contributed by atoms with E-state index in [1.165, 1.54) is 0 Å². The Morgan fingerprint density at radius 2 is 1.74 bits per heavy atom. The molecule has 2 saturated heterocycles. The van der Waals surface area contributed by atoms with Gasteiger partial charge in [-0.3, -0.25) is 9.59 Å². The minimum Gasteiger partial charge on any atom is -0.457 e. The van der Waals surface area contributed by atoms with Crippen molar-refractivity contribution in [2.45, 2.75) is 38.5 Å². The lowest BCUT2D eigenvalue weighted by molar-refractivity contribution is -0.141. The summed E-state index contributed by atoms with van der Waals surface area (Å²) in [6.45, 7) is 3.83. The number of piperidine rings is 1. The van der Waals surface area contributed by atoms with Crippen LogP contribution in [0.15, 0.2) is 48.5 Å². The first kappa shape index (κ1) is 24.6. The molecule has 3 aliphatic heterocycles. The number of carbonyl (C=O) groups excluding carboxylic acids is 2. The van der Waals surface area contributed by atoms with Crippen molar-refractivity contribution in [3.8, 4) is 11.5 Å². The number of halogens is 1. The maximum Gasteiger partial charge on any atom is 0.226 e. The van der Waals surface area contributed by atoms with Gasteiger partial charge in [-0.2, -0.15) is 0 Å². The van der Waals surface area contributed by atoms with E-state index in [0.29, 0.717) is 51.2 Å². The molecule has 2 amide bonds. The zero-order valence-electron chi connectivity index (χ0n) is 19.6. The van der Waals surface area contributed by atoms with E-state index in [4.69, 9.17) is 4.74 Å². The highest BCUT2D eigenvalue weighted by Gasteiger charge is 2.42. The van der Waals surface area contributed by atoms with E-state index in [-0.39, 0.29) is 24.2 Å². The second-order valence-electron chi connectivity index (χ2n) is 9.80. The number of benzene rings is 2. The van der Waals surface area contributed by atoms with Crippen LogP contribution in [-0.2, 0) is 22.4 Å². The zero-order valence-corrected chi connectivity index (χ0v) is 20.4. The topological polar surface area (TPSA) is 70.7 Å². The molecule has 1 atom stereocenters. The summed E-state index contributed by atoms with van der Waals surface area (Å²) in [5.74, 6) is 2.39. The van der Waals surface area contributed by atoms with Crippen LogP contribution in [0.4, 0.5) is 0 Å². The number of likely N-dealkylation sites (tertiary alicyclic amines) is 1. The number of hydrogen-bond donors (Lipinski definition) is 2. The van der Waals surface area contributed by atoms with Gasteiger partial charge >= 0.3 is 0 Å². The normalized spacial score (nSPS) is 21.8. The van der Waals surface area contributed by atoms with E-state index in [1.54, 1.807) is 0 Å². The van der Waals surface area contributed by atoms with Gasteiger partial charge in [0.15, 0.2) is 0 Å². The van der Waals surface area contributed by atoms with Crippen molar-refractivity contribution in [2.24, 2.45) is 11.3 Å². The highest BCUT2D eigenvalue weighted by atomic mass is 35.5. The number of rotatable bonds is 2. The third-order valence-corrected chi connectivity index (χ3v) is 7.45. The van der Waals surface area contributed by atoms with E-state index in [1.807, 2.05) is 41.3 Å². The largest absolute Gasteiger partial charge is 0.457 e. The second kappa shape index (κ2) is 10.8. The van der Waals surface area contributed by atoms with Gasteiger partial charge in [-0.25, -0.2) is 0 Å². The fourth-order valence-electron chi connectivity index (χ4n) is 5.45. The highest BCUT2D eigenvalue weighted by molar-refractivity contribution is 5.85. The third-order valence-electron chi connectivity index (χ3n) is 7.45. The van der Waals surface area contributed by atoms with Gasteiger partial charge in [-0.15, -0.1) is 12.4 Å². The number of amides is 2. The molecule has 1 unspecified atom stereocenters. The molecule has 4 bridgehead atoms. The van der Waals surface area contributed by atoms with Gasteiger partial charge in [0.1, 0.15) is 11.5 Å². The minimum absolute atomic E-state index is 0. The second-order valence-corrected chi connectivity index (χ2v) is 9.80. The number of fused-ring (bicyclic) bond motifs is 4. The van der Waals surface area contributed by atoms with Crippen molar-refractivity contribution in [2.75, 3.05) is 32.7 Å². The van der Waals surface area contributed by atoms with Gasteiger partial charge in [0.25, 0.3) is 0 Å². The van der Waals surface area contributed by atoms with Gasteiger partial charge in [0, 0.05) is 26.1 Å². The molecular weight excluding hydrogens is 450 g/mol. The molecule has 6 nitrogen and oxygen atoms in total. The molecule has 34 heavy (non-hydrogen) atoms. The summed E-state index contributed by atoms with van der Waals surface area (Å²) < 4.78 is 6.12. The summed E-state index contributed by atoms with van der Waals surface area (Å²) in [5.41, 5.74) is 1.73. The van der Waals surface area contributed by atoms with Crippen LogP contribution in [0.5, 0.6) is 11.5 Å². The van der Waals surface area contributed by atoms with Crippen molar-refractivity contribution >= 4 is 24.2 Å². The lowest BCUT2D eigenvalue weighted by Gasteiger charge is -2.41. The molecule has 5 rings (SSSR count). The summed E-state index contributed by atoms with van der Waals surface area (Å²) in [5, 5.41) is 6.55. The van der Waals surface area contributed by atoms with Crippen LogP contribution in [0.25, 0.3) is 0 Å². The van der Waals surface area contributed by atoms with Crippen LogP contribution in [0.2, 0.25) is 0 Å². The van der Waals surface area contributed by atoms with Crippen LogP contribution >= 0.6 is 12.4 Å². The Morgan fingerprint density at radius 1 is 1.03 bits per heavy atom. The quantitative estimate of drug-likeness (QED) is 0.683. The summed E-state index contributed by atoms with van der Waals surface area (Å²) in [4.78, 5) is 28.4. The first-order chi connectivity index (χ1) is 16.1. The van der Waals surface area contributed by atoms with Crippen LogP contribution in [0.1, 0.15) is 36.8 Å². The van der Waals surface area contributed by atoms with Gasteiger partial charge in [-0.05, 0) is 86.5 Å². The molecule has 0 radical (unpaired) electrons. The van der Waals surface area contributed by atoms with Crippen LogP contribution in [-0.4, -0.2) is 49.4 Å². The summed E-state index contributed by atoms with van der Waals surface area (Å²) >= 11 is 0. The van der Waals surface area contributed by atoms with Gasteiger partial charge in [0.2, 0.25) is 11.8 Å². The maximum absolute atomic E-state index is 13.5. The Bertz CT molecular complexity index is 1010. The maximum atomic E-state index is 13.5. The Labute approximate surface area is 207 Å². The minimum atomic E-state index is -0.503. The lowest BCUT2D eigenvalue weighted by atomic mass is 9.72. The average molecular weight is 484 g/mol. The van der Waals surface area contributed by atoms with Crippen LogP contribution < -0.4 is 15.4 Å². The van der Waals surface area contributed by atoms with Crippen molar-refractivity contribution < 1.29 is 14.3 Å². The Kier molecular flexibility index (Phi) is 7.79. The first-order valence-electron chi connectivity index (χ1n) is 12.2. The number of carbonyl (C=O) groups is 2. The summed E-state index contributed by atoms with van der Waals surface area (Å²) in [6, 6.07) is 16.1. The molecule has 3 aliphatic rings. The smallest absolute Gasteiger partial charge is 0.226 e. The predicted molar refractivity (Wildman–Crippen MR) is 134 cm³/mol. The van der Waals surface area contributed by atoms with E-state index < -0.39 is 5.41 Å². The molecule has 1 spiro atoms. The molecule has 2 N–H and O–H groups in total. The molecule has 0 saturated carbocycles. The van der Waals surface area contributed by atoms with E-state index >= 15 is 0 Å². The molecule has 2 fully saturated rings. The fraction of sp³-hybridized carbons (Fsp3) is 0.481. The van der Waals surface area contributed by atoms with E-state index in [9.17, 15) is 9.59 Å². The first-order valence-corrected chi connectivity index (χ1v) is 12.2. The molecule has 2 aromatic rings. The van der Waals surface area contributed by atoms with Crippen molar-refractivity contribution in [3.05, 3.63) is 59.7 Å². The highest BCUT2D eigenvalue weighted by Crippen LogP contribution is 2.37. The Hall–Kier alpha value is -2.57. The molecule has 0 aromatic heterocycles. The lowest BCUT2D eigenvalue weighted by Crippen LogP contribution is -2.51. The van der Waals surface area contributed by atoms with Gasteiger partial charge in [-0.1, -0.05) is 24.3 Å². The van der Waals surface area contributed by atoms with Gasteiger partial charge < -0.3 is 20.3 Å². The van der Waals surface area contributed by atoms with E-state index in [2.05, 4.69) is 22.8 Å². The molecule has 2 aromatic carbocycles. The SMILES string of the molecule is Cl.O=C(CC1CCNC1)N1CCC2(CC1)Cc1cccc(c1)Oc1cccc(c1)CCNC2=O. The third kappa shape index (κ3) is 5.56. The number of nitrogens with one attached hydrogen (secondary N) is 2. The molecule has 182 valence electrons. The van der Waals surface area contributed by atoms with Crippen molar-refractivity contribution in [3.63, 3.8) is 0 Å². The van der Waals surface area contributed by atoms with Crippen LogP contribution in [0.3, 0.4) is 0 Å². The summed E-state index contributed by atoms with van der Waals surface area (Å²) in [6.07, 6.45) is 4.48. The number of nitrogens with zero attached hydrogens (tertiary/aromatic N) is 1. The summed E-state index contributed by atoms with van der Waals surface area (Å²) in [7, 11) is 0. The van der Waals surface area contributed by atoms with Gasteiger partial charge in [0.05, 0.1) is 5.41 Å². The molecule has 0 aliphatic carbocycles. The predicted octanol–water partition coefficient (Wildman–Crippen LogP) is 3.72. The number of hydrogen-bond acceptors (Lipinski definition) is 4. The zero-order chi connectivity index (χ0) is 22.7. The van der Waals surface area contributed by atoms with Crippen molar-refractivity contribution in [1.29, 1.82) is 0 Å². The standard InChI is InChI=1S/C27H33N3O3.ClH/c31-25(17-22-7-11-28-19-22)30-13-9-27(10-14-30)18-21-4-2-6-24(16-21)33-23-5-1-3-20(15-23)8-12-29-26(27)32;/h1-6,15-16,22,28H,7-14,17-19H2,(H,29,32);1H. The van der Waals surface area contributed by atoms with E-state index in [0.717, 1.165) is 48.6 Å². The molecule has 7 heteroatoms. The monoisotopic (exact) mass is 483 g/mol. The van der Waals surface area contributed by atoms with Crippen molar-refractivity contribution in [1.82, 2.24) is 15.5 Å². The Balaban J connectivity index is 0.00000274. The Morgan fingerprint density at radius 3 is 2.44 bits per heavy atom. The van der Waals surface area contributed by atoms with Crippen LogP contribution in [0, 0.1) is 11.3 Å². The fourth-order valence-corrected chi connectivity index (χ4v) is 5.45. The number of ether oxygens (including phenoxy) is 1.